The lowest BCUT2D eigenvalue weighted by molar-refractivity contribution is -0.204. The molecule has 9 aliphatic rings. The van der Waals surface area contributed by atoms with Crippen molar-refractivity contribution in [2.24, 2.45) is 23.3 Å². The molecule has 5 aromatic rings. The topological polar surface area (TPSA) is 421 Å². The number of ether oxygens (including phenoxy) is 4. The van der Waals surface area contributed by atoms with Crippen molar-refractivity contribution in [1.29, 1.82) is 0 Å². The molecule has 5 aliphatic heterocycles. The van der Waals surface area contributed by atoms with Crippen molar-refractivity contribution in [2.75, 3.05) is 216 Å². The molecule has 4 atom stereocenters. The van der Waals surface area contributed by atoms with Crippen LogP contribution < -0.4 is 64.9 Å². The number of para-hydroxylation sites is 2. The average Bonchev–Trinajstić information content (AvgIpc) is 1.53. The third kappa shape index (κ3) is 29.6. The molecule has 1 saturated heterocycles. The summed E-state index contributed by atoms with van der Waals surface area (Å²) in [7, 11) is 0. The number of cyclic esters (lactones) is 2. The Kier molecular flexibility index (Phi) is 41.6. The number of carbonyl (C=O) groups excluding carboxylic acids is 9. The maximum atomic E-state index is 14.2. The monoisotopic (exact) mass is 1940 g/mol. The molecule has 3 amide bonds. The molecule has 0 spiro atoms. The molecule has 0 radical (unpaired) electrons. The number of hydrogen-bond acceptors (Lipinski definition) is 31. The van der Waals surface area contributed by atoms with Crippen molar-refractivity contribution in [1.82, 2.24) is 96.7 Å². The van der Waals surface area contributed by atoms with Gasteiger partial charge in [0.15, 0.2) is 0 Å². The number of esters is 4. The Morgan fingerprint density at radius 3 is 1.58 bits per heavy atom. The van der Waals surface area contributed by atoms with Crippen LogP contribution in [-0.2, 0) is 87.4 Å². The summed E-state index contributed by atoms with van der Waals surface area (Å²) in [5, 5.41) is 33.4. The Labute approximate surface area is 826 Å². The number of aromatic nitrogens is 3. The zero-order valence-corrected chi connectivity index (χ0v) is 83.4. The third-order valence-electron chi connectivity index (χ3n) is 30.4. The SMILES string of the molecule is CC[C@@]1(OC(=O)CCC(=O)CCC(=O)NCCN(CCNCCNCCNC2CCC2)CCN(CCCCCN(CCN)CCN(CCNC2CCC2)CCN(CCCC(=O)CCC(=O)NCC(=O)O[C@]2(CC)C(=O)OCC3C(=O)N4Cc5cc6ccccc6nc5C4=CC32)CCNC2CCC2)CCNCCN(CCNCCN)C2CCC2)C(=O)OCc2c1cc1n(c2=O)Cc2cc3ccccc3nc2-1. The second kappa shape index (κ2) is 54.6. The van der Waals surface area contributed by atoms with Crippen LogP contribution in [0, 0.1) is 11.8 Å². The lowest BCUT2D eigenvalue weighted by atomic mass is 9.72. The predicted molar refractivity (Wildman–Crippen MR) is 540 cm³/mol. The quantitative estimate of drug-likeness (QED) is 0.0139. The van der Waals surface area contributed by atoms with E-state index in [1.165, 1.54) is 77.0 Å². The van der Waals surface area contributed by atoms with Gasteiger partial charge in [0.25, 0.3) is 5.56 Å². The highest BCUT2D eigenvalue weighted by molar-refractivity contribution is 5.98. The number of nitrogens with two attached hydrogens (primary N) is 2. The first-order valence-corrected chi connectivity index (χ1v) is 53.0. The number of ketones is 2. The number of nitrogens with zero attached hydrogens (tertiary/aromatic N) is 10. The van der Waals surface area contributed by atoms with Crippen LogP contribution in [0.15, 0.2) is 77.6 Å². The summed E-state index contributed by atoms with van der Waals surface area (Å²) in [5.41, 5.74) is 14.3. The summed E-state index contributed by atoms with van der Waals surface area (Å²) in [4.78, 5) is 164. The zero-order valence-electron chi connectivity index (χ0n) is 83.4. The van der Waals surface area contributed by atoms with E-state index in [-0.39, 0.29) is 105 Å². The highest BCUT2D eigenvalue weighted by Gasteiger charge is 2.60. The van der Waals surface area contributed by atoms with E-state index in [2.05, 4.69) is 77.3 Å². The molecule has 4 saturated carbocycles. The van der Waals surface area contributed by atoms with Crippen LogP contribution in [0.4, 0.5) is 0 Å². The summed E-state index contributed by atoms with van der Waals surface area (Å²) in [6.45, 7) is 28.8. The standard InChI is InChI=1S/C105H159N21O14/c1-3-104(88-69-92-98-78(67-76-17-6-8-28-90(76)117-98)72-125(92)100(133)86(88)74-137-102(104)135)139-96(131)35-32-85(128)31-33-94(129)115-49-58-122(55-43-110-40-39-109-41-42-112-80-19-12-20-80)64-62-120(54-44-111-46-60-124(83-25-15-26-83)59-45-108-38-36-106)51-11-5-10-50-119(53-37-107)61-65-123(57-48-114-82-23-14-24-82)66-63-121(56-47-113-81-21-13-22-81)52-16-27-84(127)30-34-95(130)116-71-97(132)140-105(4-2)89-70-93-99-79(68-77-18-7-9-29-91(77)118-99)73-126(93)101(134)87(89)75-138-103(105)136/h6-9,17-18,28-29,67-70,80-83,87,89,108-114H,3-5,10-16,19-27,30-66,71-75,106-107H2,1-2H3,(H,115,129)(H,116,130)/t87?,89?,104-,105-/m0/s1. The van der Waals surface area contributed by atoms with Gasteiger partial charge >= 0.3 is 23.9 Å². The number of unbranched alkanes of at least 4 members (excludes halogenated alkanes) is 2. The summed E-state index contributed by atoms with van der Waals surface area (Å²) in [6, 6.07) is 23.6. The van der Waals surface area contributed by atoms with E-state index in [9.17, 15) is 47.9 Å². The van der Waals surface area contributed by atoms with Crippen molar-refractivity contribution >= 4 is 80.7 Å². The second-order valence-electron chi connectivity index (χ2n) is 39.9. The van der Waals surface area contributed by atoms with Crippen molar-refractivity contribution in [2.45, 2.75) is 229 Å². The summed E-state index contributed by atoms with van der Waals surface area (Å²) in [6.07, 6.45) is 20.1. The fourth-order valence-corrected chi connectivity index (χ4v) is 20.8. The minimum absolute atomic E-state index is 0.0102. The molecular formula is C105H159N21O14. The highest BCUT2D eigenvalue weighted by atomic mass is 16.6. The van der Waals surface area contributed by atoms with E-state index in [1.807, 2.05) is 66.7 Å². The molecule has 140 heavy (non-hydrogen) atoms. The van der Waals surface area contributed by atoms with E-state index >= 15 is 0 Å². The van der Waals surface area contributed by atoms with Gasteiger partial charge in [0.2, 0.25) is 28.9 Å². The lowest BCUT2D eigenvalue weighted by Crippen LogP contribution is -2.61. The van der Waals surface area contributed by atoms with Crippen LogP contribution in [0.2, 0.25) is 0 Å². The van der Waals surface area contributed by atoms with Crippen molar-refractivity contribution in [3.05, 3.63) is 111 Å². The molecule has 5 fully saturated rings. The molecule has 35 heteroatoms. The third-order valence-corrected chi connectivity index (χ3v) is 30.4. The number of Topliss-reactive ketones (excluding diaryl/α,β-unsaturated/α-hetero) is 2. The number of pyridine rings is 3. The van der Waals surface area contributed by atoms with Gasteiger partial charge in [-0.2, -0.15) is 0 Å². The van der Waals surface area contributed by atoms with Gasteiger partial charge in [0.1, 0.15) is 31.3 Å². The Hall–Kier alpha value is -9.02. The van der Waals surface area contributed by atoms with E-state index < -0.39 is 59.4 Å². The Morgan fingerprint density at radius 1 is 0.471 bits per heavy atom. The number of benzene rings is 2. The number of rotatable bonds is 69. The Morgan fingerprint density at radius 2 is 0.986 bits per heavy atom. The van der Waals surface area contributed by atoms with Crippen LogP contribution >= 0.6 is 0 Å². The largest absolute Gasteiger partial charge is 0.462 e. The molecule has 3 aromatic heterocycles. The van der Waals surface area contributed by atoms with E-state index in [1.54, 1.807) is 29.4 Å². The fourth-order valence-electron chi connectivity index (χ4n) is 20.8. The first kappa shape index (κ1) is 107. The summed E-state index contributed by atoms with van der Waals surface area (Å²) >= 11 is 0. The fraction of sp³-hybridized carbons (Fsp3) is 0.676. The van der Waals surface area contributed by atoms with Crippen LogP contribution in [0.3, 0.4) is 0 Å². The van der Waals surface area contributed by atoms with Crippen LogP contribution in [0.25, 0.3) is 38.9 Å². The van der Waals surface area contributed by atoms with Gasteiger partial charge in [0.05, 0.1) is 64.8 Å². The smallest absolute Gasteiger partial charge is 0.355 e. The van der Waals surface area contributed by atoms with Crippen LogP contribution in [0.5, 0.6) is 0 Å². The minimum Gasteiger partial charge on any atom is -0.462 e. The molecule has 13 N–H and O–H groups in total. The number of hydrogen-bond donors (Lipinski definition) is 11. The first-order chi connectivity index (χ1) is 68.3. The van der Waals surface area contributed by atoms with Crippen molar-refractivity contribution in [3.8, 4) is 11.4 Å². The molecule has 8 heterocycles. The number of amides is 3. The maximum absolute atomic E-state index is 14.2. The number of carbonyl (C=O) groups is 9. The van der Waals surface area contributed by atoms with Gasteiger partial charge in [0, 0.05) is 279 Å². The Balaban J connectivity index is 0.540. The lowest BCUT2D eigenvalue weighted by Gasteiger charge is -2.46. The summed E-state index contributed by atoms with van der Waals surface area (Å²) in [5.74, 6) is -6.10. The maximum Gasteiger partial charge on any atom is 0.355 e. The molecule has 2 unspecified atom stereocenters. The molecule has 35 nitrogen and oxygen atoms in total. The zero-order chi connectivity index (χ0) is 98.0. The van der Waals surface area contributed by atoms with E-state index in [0.29, 0.717) is 99.1 Å². The molecule has 4 aliphatic carbocycles. The first-order valence-electron chi connectivity index (χ1n) is 53.0. The number of nitrogens with one attached hydrogen (secondary N) is 9. The molecular weight excluding hydrogens is 1780 g/mol. The molecule has 14 rings (SSSR count). The van der Waals surface area contributed by atoms with Crippen molar-refractivity contribution < 1.29 is 62.1 Å². The molecule has 0 bridgehead atoms. The van der Waals surface area contributed by atoms with E-state index in [0.717, 1.165) is 229 Å². The molecule has 768 valence electrons. The summed E-state index contributed by atoms with van der Waals surface area (Å²) < 4.78 is 24.9. The van der Waals surface area contributed by atoms with Crippen LogP contribution in [0.1, 0.15) is 202 Å². The normalized spacial score (nSPS) is 19.5. The molecule has 2 aromatic carbocycles. The van der Waals surface area contributed by atoms with Gasteiger partial charge in [-0.25, -0.2) is 19.6 Å². The van der Waals surface area contributed by atoms with Gasteiger partial charge in [-0.05, 0) is 140 Å². The van der Waals surface area contributed by atoms with E-state index in [4.69, 9.17) is 40.4 Å². The number of fused-ring (bicyclic) bond motifs is 10. The van der Waals surface area contributed by atoms with Crippen molar-refractivity contribution in [3.63, 3.8) is 0 Å². The van der Waals surface area contributed by atoms with Gasteiger partial charge < -0.3 is 102 Å². The minimum atomic E-state index is -1.91. The van der Waals surface area contributed by atoms with Crippen LogP contribution in [-0.4, -0.2) is 348 Å². The predicted octanol–water partition coefficient (Wildman–Crippen LogP) is 4.79. The highest BCUT2D eigenvalue weighted by Crippen LogP contribution is 2.48. The van der Waals surface area contributed by atoms with Gasteiger partial charge in [-0.1, -0.05) is 82.3 Å². The average molecular weight is 1940 g/mol. The van der Waals surface area contributed by atoms with Gasteiger partial charge in [-0.3, -0.25) is 53.1 Å². The second-order valence-corrected chi connectivity index (χ2v) is 39.9. The van der Waals surface area contributed by atoms with Gasteiger partial charge in [-0.15, -0.1) is 0 Å². The Bertz CT molecular complexity index is 5030.